The van der Waals surface area contributed by atoms with Crippen LogP contribution in [0.3, 0.4) is 0 Å². The minimum atomic E-state index is -4.21. The topological polar surface area (TPSA) is 86.8 Å². The maximum absolute atomic E-state index is 14.0. The van der Waals surface area contributed by atoms with Crippen molar-refractivity contribution < 1.29 is 26.8 Å². The molecule has 7 nitrogen and oxygen atoms in total. The Labute approximate surface area is 169 Å². The molecule has 2 amide bonds. The summed E-state index contributed by atoms with van der Waals surface area (Å²) >= 11 is 0. The number of hydrogen-bond donors (Lipinski definition) is 1. The van der Waals surface area contributed by atoms with Crippen LogP contribution in [0.25, 0.3) is 0 Å². The second-order valence-electron chi connectivity index (χ2n) is 7.59. The number of carbonyl (C=O) groups is 2. The number of nitrogens with one attached hydrogen (secondary N) is 1. The first kappa shape index (κ1) is 21.6. The third kappa shape index (κ3) is 4.42. The summed E-state index contributed by atoms with van der Waals surface area (Å²) in [6.07, 6.45) is 3.77. The van der Waals surface area contributed by atoms with E-state index in [2.05, 4.69) is 5.32 Å². The van der Waals surface area contributed by atoms with E-state index in [1.807, 2.05) is 0 Å². The van der Waals surface area contributed by atoms with Crippen molar-refractivity contribution in [3.8, 4) is 0 Å². The van der Waals surface area contributed by atoms with Gasteiger partial charge in [0.2, 0.25) is 21.8 Å². The minimum absolute atomic E-state index is 0.0276. The molecule has 0 atom stereocenters. The van der Waals surface area contributed by atoms with Gasteiger partial charge in [-0.05, 0) is 31.0 Å². The molecule has 1 saturated carbocycles. The molecule has 2 aliphatic rings. The van der Waals surface area contributed by atoms with E-state index in [1.165, 1.54) is 6.92 Å². The van der Waals surface area contributed by atoms with Gasteiger partial charge in [0.25, 0.3) is 0 Å². The summed E-state index contributed by atoms with van der Waals surface area (Å²) in [6, 6.07) is 2.30. The zero-order chi connectivity index (χ0) is 21.2. The Hall–Kier alpha value is -2.07. The number of rotatable bonds is 4. The van der Waals surface area contributed by atoms with Gasteiger partial charge in [-0.25, -0.2) is 17.2 Å². The molecule has 1 aliphatic carbocycles. The van der Waals surface area contributed by atoms with Crippen molar-refractivity contribution >= 4 is 21.8 Å². The van der Waals surface area contributed by atoms with Gasteiger partial charge in [0, 0.05) is 33.1 Å². The van der Waals surface area contributed by atoms with Crippen molar-refractivity contribution in [1.29, 1.82) is 0 Å². The number of nitrogens with zero attached hydrogens (tertiary/aromatic N) is 2. The summed E-state index contributed by atoms with van der Waals surface area (Å²) in [6.45, 7) is 1.56. The van der Waals surface area contributed by atoms with Crippen LogP contribution in [0.4, 0.5) is 8.78 Å². The van der Waals surface area contributed by atoms with E-state index in [-0.39, 0.29) is 38.0 Å². The standard InChI is InChI=1S/C19H25F2N3O4S/c1-14(25)22-19(7-3-2-4-8-19)18(26)23-9-11-24(12-10-23)29(27,28)17-13-15(20)5-6-16(17)21/h5-6,13H,2-4,7-12H2,1H3,(H,22,25). The molecule has 0 spiro atoms. The fourth-order valence-electron chi connectivity index (χ4n) is 4.13. The van der Waals surface area contributed by atoms with Crippen molar-refractivity contribution in [2.24, 2.45) is 0 Å². The fraction of sp³-hybridized carbons (Fsp3) is 0.579. The van der Waals surface area contributed by atoms with E-state index in [9.17, 15) is 26.8 Å². The van der Waals surface area contributed by atoms with Crippen molar-refractivity contribution in [2.45, 2.75) is 49.5 Å². The van der Waals surface area contributed by atoms with E-state index >= 15 is 0 Å². The molecule has 10 heteroatoms. The van der Waals surface area contributed by atoms with Gasteiger partial charge in [0.15, 0.2) is 0 Å². The molecule has 160 valence electrons. The monoisotopic (exact) mass is 429 g/mol. The van der Waals surface area contributed by atoms with Gasteiger partial charge in [-0.15, -0.1) is 0 Å². The van der Waals surface area contributed by atoms with Crippen LogP contribution in [0.2, 0.25) is 0 Å². The van der Waals surface area contributed by atoms with Crippen LogP contribution in [0.15, 0.2) is 23.1 Å². The molecule has 1 N–H and O–H groups in total. The normalized spacial score (nSPS) is 20.3. The molecule has 3 rings (SSSR count). The van der Waals surface area contributed by atoms with Crippen LogP contribution in [0.1, 0.15) is 39.0 Å². The molecule has 0 aromatic heterocycles. The molecule has 2 fully saturated rings. The van der Waals surface area contributed by atoms with Crippen LogP contribution >= 0.6 is 0 Å². The summed E-state index contributed by atoms with van der Waals surface area (Å²) in [5.74, 6) is -2.34. The van der Waals surface area contributed by atoms with E-state index in [0.29, 0.717) is 18.9 Å². The molecular formula is C19H25F2N3O4S. The third-order valence-electron chi connectivity index (χ3n) is 5.57. The van der Waals surface area contributed by atoms with E-state index < -0.39 is 32.1 Å². The van der Waals surface area contributed by atoms with Crippen LogP contribution in [-0.2, 0) is 19.6 Å². The number of hydrogen-bond acceptors (Lipinski definition) is 4. The van der Waals surface area contributed by atoms with Gasteiger partial charge in [0.05, 0.1) is 0 Å². The van der Waals surface area contributed by atoms with E-state index in [0.717, 1.165) is 35.7 Å². The van der Waals surface area contributed by atoms with Crippen LogP contribution in [0, 0.1) is 11.6 Å². The Morgan fingerprint density at radius 2 is 1.66 bits per heavy atom. The lowest BCUT2D eigenvalue weighted by Gasteiger charge is -2.42. The number of amides is 2. The first-order valence-corrected chi connectivity index (χ1v) is 11.1. The highest BCUT2D eigenvalue weighted by molar-refractivity contribution is 7.89. The minimum Gasteiger partial charge on any atom is -0.342 e. The highest BCUT2D eigenvalue weighted by Gasteiger charge is 2.44. The second-order valence-corrected chi connectivity index (χ2v) is 9.50. The Balaban J connectivity index is 1.73. The smallest absolute Gasteiger partial charge is 0.248 e. The first-order chi connectivity index (χ1) is 13.7. The summed E-state index contributed by atoms with van der Waals surface area (Å²) in [7, 11) is -4.21. The largest absolute Gasteiger partial charge is 0.342 e. The summed E-state index contributed by atoms with van der Waals surface area (Å²) in [5, 5.41) is 2.82. The maximum atomic E-state index is 14.0. The van der Waals surface area contributed by atoms with Gasteiger partial charge in [-0.2, -0.15) is 4.31 Å². The van der Waals surface area contributed by atoms with Gasteiger partial charge < -0.3 is 10.2 Å². The molecule has 29 heavy (non-hydrogen) atoms. The SMILES string of the molecule is CC(=O)NC1(C(=O)N2CCN(S(=O)(=O)c3cc(F)ccc3F)CC2)CCCCC1. The summed E-state index contributed by atoms with van der Waals surface area (Å²) in [5.41, 5.74) is -0.945. The lowest BCUT2D eigenvalue weighted by molar-refractivity contribution is -0.144. The Morgan fingerprint density at radius 3 is 2.24 bits per heavy atom. The van der Waals surface area contributed by atoms with Crippen molar-refractivity contribution in [3.63, 3.8) is 0 Å². The molecule has 1 heterocycles. The van der Waals surface area contributed by atoms with Gasteiger partial charge in [-0.3, -0.25) is 9.59 Å². The lowest BCUT2D eigenvalue weighted by Crippen LogP contribution is -2.63. The maximum Gasteiger partial charge on any atom is 0.248 e. The zero-order valence-corrected chi connectivity index (χ0v) is 17.1. The quantitative estimate of drug-likeness (QED) is 0.788. The molecule has 0 unspecified atom stereocenters. The van der Waals surface area contributed by atoms with Gasteiger partial charge in [-0.1, -0.05) is 19.3 Å². The molecule has 1 aromatic carbocycles. The average Bonchev–Trinajstić information content (AvgIpc) is 2.69. The zero-order valence-electron chi connectivity index (χ0n) is 16.3. The molecule has 0 bridgehead atoms. The highest BCUT2D eigenvalue weighted by atomic mass is 32.2. The van der Waals surface area contributed by atoms with Gasteiger partial charge in [0.1, 0.15) is 22.1 Å². The molecule has 1 saturated heterocycles. The van der Waals surface area contributed by atoms with Crippen LogP contribution in [0.5, 0.6) is 0 Å². The Kier molecular flexibility index (Phi) is 6.23. The first-order valence-electron chi connectivity index (χ1n) is 9.69. The van der Waals surface area contributed by atoms with Crippen LogP contribution in [-0.4, -0.2) is 61.2 Å². The van der Waals surface area contributed by atoms with Crippen molar-refractivity contribution in [1.82, 2.24) is 14.5 Å². The number of piperazine rings is 1. The number of halogens is 2. The summed E-state index contributed by atoms with van der Waals surface area (Å²) < 4.78 is 53.9. The van der Waals surface area contributed by atoms with Crippen molar-refractivity contribution in [3.05, 3.63) is 29.8 Å². The lowest BCUT2D eigenvalue weighted by atomic mass is 9.80. The Bertz CT molecular complexity index is 893. The number of sulfonamides is 1. The molecule has 0 radical (unpaired) electrons. The second kappa shape index (κ2) is 8.35. The number of carbonyl (C=O) groups excluding carboxylic acids is 2. The van der Waals surface area contributed by atoms with E-state index in [4.69, 9.17) is 0 Å². The highest BCUT2D eigenvalue weighted by Crippen LogP contribution is 2.31. The summed E-state index contributed by atoms with van der Waals surface area (Å²) in [4.78, 5) is 25.7. The predicted molar refractivity (Wildman–Crippen MR) is 101 cm³/mol. The molecule has 1 aliphatic heterocycles. The average molecular weight is 429 g/mol. The predicted octanol–water partition coefficient (Wildman–Crippen LogP) is 1.64. The molecular weight excluding hydrogens is 404 g/mol. The van der Waals surface area contributed by atoms with Crippen molar-refractivity contribution in [2.75, 3.05) is 26.2 Å². The van der Waals surface area contributed by atoms with E-state index in [1.54, 1.807) is 4.90 Å². The molecule has 1 aromatic rings. The number of benzene rings is 1. The fourth-order valence-corrected chi connectivity index (χ4v) is 5.63. The van der Waals surface area contributed by atoms with Crippen LogP contribution < -0.4 is 5.32 Å². The van der Waals surface area contributed by atoms with Gasteiger partial charge >= 0.3 is 0 Å². The third-order valence-corrected chi connectivity index (χ3v) is 7.48. The Morgan fingerprint density at radius 1 is 1.03 bits per heavy atom.